The van der Waals surface area contributed by atoms with E-state index in [1.807, 2.05) is 19.1 Å². The Bertz CT molecular complexity index is 292. The lowest BCUT2D eigenvalue weighted by molar-refractivity contribution is 0.283. The van der Waals surface area contributed by atoms with Crippen LogP contribution in [0, 0.1) is 0 Å². The van der Waals surface area contributed by atoms with E-state index in [-0.39, 0.29) is 6.61 Å². The zero-order valence-electron chi connectivity index (χ0n) is 9.78. The van der Waals surface area contributed by atoms with E-state index in [0.717, 1.165) is 37.4 Å². The maximum Gasteiger partial charge on any atom is 0.168 e. The normalized spacial score (nSPS) is 10.1. The van der Waals surface area contributed by atoms with Crippen molar-refractivity contribution in [3.8, 4) is 5.75 Å². The molecule has 0 spiro atoms. The molecule has 16 heavy (non-hydrogen) atoms. The van der Waals surface area contributed by atoms with Gasteiger partial charge in [0.1, 0.15) is 0 Å². The number of rotatable bonds is 8. The number of nitrogens with one attached hydrogen (secondary N) is 1. The molecule has 0 amide bonds. The maximum atomic E-state index is 8.64. The molecule has 1 heterocycles. The second kappa shape index (κ2) is 7.93. The number of aliphatic hydroxyl groups is 1. The topological polar surface area (TPSA) is 54.4 Å². The Morgan fingerprint density at radius 1 is 1.38 bits per heavy atom. The molecule has 0 fully saturated rings. The van der Waals surface area contributed by atoms with Crippen LogP contribution in [0.25, 0.3) is 0 Å². The molecular formula is C12H20N2O2. The van der Waals surface area contributed by atoms with Crippen LogP contribution in [0.2, 0.25) is 0 Å². The summed E-state index contributed by atoms with van der Waals surface area (Å²) < 4.78 is 5.45. The Balaban J connectivity index is 2.34. The van der Waals surface area contributed by atoms with Crippen molar-refractivity contribution >= 4 is 5.82 Å². The summed E-state index contributed by atoms with van der Waals surface area (Å²) in [6.45, 7) is 3.73. The average molecular weight is 224 g/mol. The first-order chi connectivity index (χ1) is 7.88. The van der Waals surface area contributed by atoms with E-state index in [9.17, 15) is 0 Å². The largest absolute Gasteiger partial charge is 0.490 e. The van der Waals surface area contributed by atoms with Crippen molar-refractivity contribution in [1.29, 1.82) is 0 Å². The molecular weight excluding hydrogens is 204 g/mol. The van der Waals surface area contributed by atoms with Gasteiger partial charge in [0, 0.05) is 19.3 Å². The van der Waals surface area contributed by atoms with Crippen LogP contribution >= 0.6 is 0 Å². The summed E-state index contributed by atoms with van der Waals surface area (Å²) in [5.74, 6) is 1.60. The van der Waals surface area contributed by atoms with Gasteiger partial charge in [-0.1, -0.05) is 0 Å². The molecule has 0 aliphatic rings. The molecule has 1 aromatic rings. The molecule has 0 saturated carbocycles. The smallest absolute Gasteiger partial charge is 0.168 e. The van der Waals surface area contributed by atoms with Gasteiger partial charge >= 0.3 is 0 Å². The van der Waals surface area contributed by atoms with Crippen LogP contribution in [0.4, 0.5) is 5.82 Å². The molecule has 0 aliphatic heterocycles. The molecule has 0 aliphatic carbocycles. The van der Waals surface area contributed by atoms with Crippen LogP contribution in [-0.4, -0.2) is 29.8 Å². The number of aliphatic hydroxyl groups excluding tert-OH is 1. The quantitative estimate of drug-likeness (QED) is 0.664. The van der Waals surface area contributed by atoms with Crippen molar-refractivity contribution < 1.29 is 9.84 Å². The monoisotopic (exact) mass is 224 g/mol. The Morgan fingerprint density at radius 3 is 3.00 bits per heavy atom. The third-order valence-corrected chi connectivity index (χ3v) is 2.20. The lowest BCUT2D eigenvalue weighted by atomic mass is 10.2. The first kappa shape index (κ1) is 12.8. The summed E-state index contributed by atoms with van der Waals surface area (Å²) in [5.41, 5.74) is 0. The average Bonchev–Trinajstić information content (AvgIpc) is 2.31. The molecule has 1 rings (SSSR count). The highest BCUT2D eigenvalue weighted by Gasteiger charge is 2.02. The van der Waals surface area contributed by atoms with E-state index in [0.29, 0.717) is 6.61 Å². The third-order valence-electron chi connectivity index (χ3n) is 2.20. The van der Waals surface area contributed by atoms with Crippen LogP contribution in [0.3, 0.4) is 0 Å². The first-order valence-corrected chi connectivity index (χ1v) is 5.81. The van der Waals surface area contributed by atoms with Gasteiger partial charge < -0.3 is 15.2 Å². The molecule has 90 valence electrons. The second-order valence-corrected chi connectivity index (χ2v) is 3.49. The fourth-order valence-corrected chi connectivity index (χ4v) is 1.42. The van der Waals surface area contributed by atoms with Gasteiger partial charge in [0.2, 0.25) is 0 Å². The van der Waals surface area contributed by atoms with Gasteiger partial charge in [-0.2, -0.15) is 0 Å². The fourth-order valence-electron chi connectivity index (χ4n) is 1.42. The Labute approximate surface area is 96.7 Å². The Hall–Kier alpha value is -1.29. The highest BCUT2D eigenvalue weighted by molar-refractivity contribution is 5.49. The summed E-state index contributed by atoms with van der Waals surface area (Å²) >= 11 is 0. The van der Waals surface area contributed by atoms with Crippen molar-refractivity contribution in [2.24, 2.45) is 0 Å². The molecule has 0 atom stereocenters. The van der Waals surface area contributed by atoms with Gasteiger partial charge in [-0.05, 0) is 38.3 Å². The molecule has 0 radical (unpaired) electrons. The van der Waals surface area contributed by atoms with Crippen molar-refractivity contribution in [3.05, 3.63) is 18.3 Å². The zero-order chi connectivity index (χ0) is 11.6. The van der Waals surface area contributed by atoms with E-state index >= 15 is 0 Å². The highest BCUT2D eigenvalue weighted by atomic mass is 16.5. The molecule has 1 aromatic heterocycles. The predicted molar refractivity (Wildman–Crippen MR) is 64.8 cm³/mol. The van der Waals surface area contributed by atoms with Crippen LogP contribution in [0.15, 0.2) is 18.3 Å². The Morgan fingerprint density at radius 2 is 2.25 bits per heavy atom. The van der Waals surface area contributed by atoms with Crippen LogP contribution in [0.5, 0.6) is 5.75 Å². The number of unbranched alkanes of at least 4 members (excludes halogenated alkanes) is 2. The number of pyridine rings is 1. The summed E-state index contributed by atoms with van der Waals surface area (Å²) in [7, 11) is 0. The van der Waals surface area contributed by atoms with Gasteiger partial charge in [0.05, 0.1) is 6.61 Å². The van der Waals surface area contributed by atoms with Crippen molar-refractivity contribution in [2.75, 3.05) is 25.1 Å². The number of hydrogen-bond donors (Lipinski definition) is 2. The minimum Gasteiger partial charge on any atom is -0.490 e. The van der Waals surface area contributed by atoms with Gasteiger partial charge in [0.15, 0.2) is 11.6 Å². The van der Waals surface area contributed by atoms with E-state index in [2.05, 4.69) is 10.3 Å². The van der Waals surface area contributed by atoms with Crippen molar-refractivity contribution in [2.45, 2.75) is 26.2 Å². The first-order valence-electron chi connectivity index (χ1n) is 5.81. The highest BCUT2D eigenvalue weighted by Crippen LogP contribution is 2.20. The molecule has 2 N–H and O–H groups in total. The lowest BCUT2D eigenvalue weighted by Crippen LogP contribution is -2.06. The molecule has 4 nitrogen and oxygen atoms in total. The van der Waals surface area contributed by atoms with E-state index in [1.54, 1.807) is 6.20 Å². The molecule has 4 heteroatoms. The maximum absolute atomic E-state index is 8.64. The number of anilines is 1. The van der Waals surface area contributed by atoms with Crippen LogP contribution in [0.1, 0.15) is 26.2 Å². The minimum absolute atomic E-state index is 0.272. The standard InChI is InChI=1S/C12H20N2O2/c1-2-16-11-7-6-9-14-12(11)13-8-4-3-5-10-15/h6-7,9,15H,2-5,8,10H2,1H3,(H,13,14). The van der Waals surface area contributed by atoms with Crippen LogP contribution < -0.4 is 10.1 Å². The molecule has 0 unspecified atom stereocenters. The number of hydrogen-bond acceptors (Lipinski definition) is 4. The predicted octanol–water partition coefficient (Wildman–Crippen LogP) is 2.05. The summed E-state index contributed by atoms with van der Waals surface area (Å²) in [6.07, 6.45) is 4.67. The second-order valence-electron chi connectivity index (χ2n) is 3.49. The SMILES string of the molecule is CCOc1cccnc1NCCCCCO. The summed E-state index contributed by atoms with van der Waals surface area (Å²) in [5, 5.41) is 11.9. The van der Waals surface area contributed by atoms with Crippen LogP contribution in [-0.2, 0) is 0 Å². The molecule has 0 bridgehead atoms. The van der Waals surface area contributed by atoms with Gasteiger partial charge in [-0.25, -0.2) is 4.98 Å². The minimum atomic E-state index is 0.272. The van der Waals surface area contributed by atoms with E-state index in [4.69, 9.17) is 9.84 Å². The zero-order valence-corrected chi connectivity index (χ0v) is 9.78. The van der Waals surface area contributed by atoms with Gasteiger partial charge in [-0.3, -0.25) is 0 Å². The fraction of sp³-hybridized carbons (Fsp3) is 0.583. The summed E-state index contributed by atoms with van der Waals surface area (Å²) in [4.78, 5) is 4.23. The van der Waals surface area contributed by atoms with Crippen molar-refractivity contribution in [1.82, 2.24) is 4.98 Å². The van der Waals surface area contributed by atoms with E-state index < -0.39 is 0 Å². The summed E-state index contributed by atoms with van der Waals surface area (Å²) in [6, 6.07) is 3.77. The van der Waals surface area contributed by atoms with Gasteiger partial charge in [-0.15, -0.1) is 0 Å². The number of aromatic nitrogens is 1. The van der Waals surface area contributed by atoms with Crippen molar-refractivity contribution in [3.63, 3.8) is 0 Å². The lowest BCUT2D eigenvalue weighted by Gasteiger charge is -2.10. The molecule has 0 aromatic carbocycles. The number of nitrogens with zero attached hydrogens (tertiary/aromatic N) is 1. The number of ether oxygens (including phenoxy) is 1. The van der Waals surface area contributed by atoms with Gasteiger partial charge in [0.25, 0.3) is 0 Å². The third kappa shape index (κ3) is 4.49. The molecule has 0 saturated heterocycles. The van der Waals surface area contributed by atoms with E-state index in [1.165, 1.54) is 0 Å². The Kier molecular flexibility index (Phi) is 6.33.